The number of alkyl halides is 1. The van der Waals surface area contributed by atoms with Gasteiger partial charge in [-0.1, -0.05) is 35.0 Å². The first-order valence-corrected chi connectivity index (χ1v) is 6.28. The van der Waals surface area contributed by atoms with Crippen molar-refractivity contribution in [1.82, 2.24) is 10.6 Å². The molecule has 2 amide bonds. The van der Waals surface area contributed by atoms with Crippen molar-refractivity contribution in [3.8, 4) is 0 Å². The van der Waals surface area contributed by atoms with Crippen molar-refractivity contribution >= 4 is 27.7 Å². The van der Waals surface area contributed by atoms with E-state index in [2.05, 4.69) is 40.1 Å². The van der Waals surface area contributed by atoms with Crippen LogP contribution in [-0.2, 0) is 9.59 Å². The molecule has 0 spiro atoms. The number of imide groups is 1. The Morgan fingerprint density at radius 3 is 2.94 bits per heavy atom. The van der Waals surface area contributed by atoms with Crippen molar-refractivity contribution in [2.75, 3.05) is 6.54 Å². The predicted octanol–water partition coefficient (Wildman–Crippen LogP) is 1.11. The van der Waals surface area contributed by atoms with Crippen LogP contribution in [0.5, 0.6) is 0 Å². The maximum atomic E-state index is 11.4. The van der Waals surface area contributed by atoms with Crippen molar-refractivity contribution in [3.63, 3.8) is 0 Å². The van der Waals surface area contributed by atoms with Gasteiger partial charge >= 0.3 is 0 Å². The number of hydrogen-bond acceptors (Lipinski definition) is 3. The third-order valence-electron chi connectivity index (χ3n) is 2.41. The van der Waals surface area contributed by atoms with Crippen molar-refractivity contribution < 1.29 is 9.59 Å². The second-order valence-electron chi connectivity index (χ2n) is 4.12. The fourth-order valence-electron chi connectivity index (χ4n) is 1.63. The topological polar surface area (TPSA) is 58.2 Å². The highest BCUT2D eigenvalue weighted by Crippen LogP contribution is 2.10. The molecule has 16 heavy (non-hydrogen) atoms. The molecule has 0 aromatic carbocycles. The molecule has 1 rings (SSSR count). The molecule has 0 bridgehead atoms. The molecule has 1 aliphatic rings. The van der Waals surface area contributed by atoms with Crippen LogP contribution in [0.2, 0.25) is 0 Å². The summed E-state index contributed by atoms with van der Waals surface area (Å²) in [5.41, 5.74) is 1.05. The Bertz CT molecular complexity index is 302. The largest absolute Gasteiger partial charge is 0.302 e. The number of piperidine rings is 1. The molecule has 0 aliphatic carbocycles. The van der Waals surface area contributed by atoms with Crippen LogP contribution in [0, 0.1) is 0 Å². The van der Waals surface area contributed by atoms with Gasteiger partial charge in [-0.2, -0.15) is 0 Å². The van der Waals surface area contributed by atoms with E-state index in [0.29, 0.717) is 24.2 Å². The van der Waals surface area contributed by atoms with Crippen molar-refractivity contribution in [2.45, 2.75) is 37.1 Å². The van der Waals surface area contributed by atoms with E-state index in [1.165, 1.54) is 0 Å². The highest BCUT2D eigenvalue weighted by molar-refractivity contribution is 9.09. The zero-order valence-corrected chi connectivity index (χ0v) is 11.0. The van der Waals surface area contributed by atoms with Crippen molar-refractivity contribution in [2.24, 2.45) is 0 Å². The van der Waals surface area contributed by atoms with E-state index in [9.17, 15) is 9.59 Å². The number of rotatable bonds is 5. The second-order valence-corrected chi connectivity index (χ2v) is 5.68. The lowest BCUT2D eigenvalue weighted by atomic mass is 10.1. The van der Waals surface area contributed by atoms with Crippen LogP contribution in [0.15, 0.2) is 12.2 Å². The monoisotopic (exact) mass is 288 g/mol. The quantitative estimate of drug-likeness (QED) is 0.453. The molecular weight excluding hydrogens is 272 g/mol. The van der Waals surface area contributed by atoms with Gasteiger partial charge in [-0.05, 0) is 12.8 Å². The van der Waals surface area contributed by atoms with Crippen LogP contribution in [0.3, 0.4) is 0 Å². The normalized spacial score (nSPS) is 22.8. The van der Waals surface area contributed by atoms with Gasteiger partial charge in [-0.15, -0.1) is 0 Å². The molecule has 1 heterocycles. The van der Waals surface area contributed by atoms with Crippen LogP contribution < -0.4 is 10.6 Å². The Morgan fingerprint density at radius 1 is 1.69 bits per heavy atom. The molecular formula is C11H17BrN2O2. The van der Waals surface area contributed by atoms with Crippen molar-refractivity contribution in [1.29, 1.82) is 0 Å². The van der Waals surface area contributed by atoms with Gasteiger partial charge in [-0.25, -0.2) is 0 Å². The average molecular weight is 289 g/mol. The molecule has 2 N–H and O–H groups in total. The number of nitrogens with one attached hydrogen (secondary N) is 2. The summed E-state index contributed by atoms with van der Waals surface area (Å²) < 4.78 is 0. The summed E-state index contributed by atoms with van der Waals surface area (Å²) >= 11 is 3.45. The van der Waals surface area contributed by atoms with Gasteiger partial charge in [0.15, 0.2) is 0 Å². The first-order valence-electron chi connectivity index (χ1n) is 5.37. The number of carbonyl (C=O) groups excluding carboxylic acids is 2. The van der Waals surface area contributed by atoms with Gasteiger partial charge in [0.05, 0.1) is 6.04 Å². The minimum absolute atomic E-state index is 0.184. The number of hydrogen-bond donors (Lipinski definition) is 2. The maximum Gasteiger partial charge on any atom is 0.243 e. The average Bonchev–Trinajstić information content (AvgIpc) is 2.15. The molecule has 1 fully saturated rings. The summed E-state index contributed by atoms with van der Waals surface area (Å²) in [5.74, 6) is -0.410. The Kier molecular flexibility index (Phi) is 5.15. The van der Waals surface area contributed by atoms with E-state index in [-0.39, 0.29) is 17.9 Å². The number of halogens is 1. The predicted molar refractivity (Wildman–Crippen MR) is 66.3 cm³/mol. The molecule has 0 aromatic rings. The molecule has 0 saturated carbocycles. The Balaban J connectivity index is 2.30. The molecule has 1 saturated heterocycles. The summed E-state index contributed by atoms with van der Waals surface area (Å²) in [7, 11) is 0. The molecule has 0 aromatic heterocycles. The standard InChI is InChI=1S/C11H17BrN2O2/c1-7(5-8(2)12)6-13-9-3-4-10(15)14-11(9)16/h8-9,13H,1,3-6H2,2H3,(H,14,15,16). The third kappa shape index (κ3) is 4.45. The highest BCUT2D eigenvalue weighted by Gasteiger charge is 2.25. The minimum atomic E-state index is -0.264. The van der Waals surface area contributed by atoms with E-state index < -0.39 is 0 Å². The van der Waals surface area contributed by atoms with Gasteiger partial charge in [0.2, 0.25) is 11.8 Å². The lowest BCUT2D eigenvalue weighted by Crippen LogP contribution is -2.51. The SMILES string of the molecule is C=C(CNC1CCC(=O)NC1=O)CC(C)Br. The van der Waals surface area contributed by atoms with Gasteiger partial charge in [0, 0.05) is 17.8 Å². The van der Waals surface area contributed by atoms with Crippen LogP contribution in [0.1, 0.15) is 26.2 Å². The Labute approximate surface area is 104 Å². The molecule has 90 valence electrons. The summed E-state index contributed by atoms with van der Waals surface area (Å²) in [5, 5.41) is 5.43. The van der Waals surface area contributed by atoms with E-state index in [1.807, 2.05) is 0 Å². The van der Waals surface area contributed by atoms with E-state index in [0.717, 1.165) is 12.0 Å². The molecule has 0 radical (unpaired) electrons. The Morgan fingerprint density at radius 2 is 2.38 bits per heavy atom. The summed E-state index contributed by atoms with van der Waals surface area (Å²) in [6.07, 6.45) is 1.85. The van der Waals surface area contributed by atoms with E-state index in [1.54, 1.807) is 0 Å². The summed E-state index contributed by atoms with van der Waals surface area (Å²) in [4.78, 5) is 22.7. The van der Waals surface area contributed by atoms with Crippen LogP contribution in [-0.4, -0.2) is 29.2 Å². The zero-order valence-electron chi connectivity index (χ0n) is 9.38. The summed E-state index contributed by atoms with van der Waals surface area (Å²) in [6, 6.07) is -0.264. The van der Waals surface area contributed by atoms with Gasteiger partial charge in [0.1, 0.15) is 0 Å². The zero-order chi connectivity index (χ0) is 12.1. The molecule has 2 atom stereocenters. The lowest BCUT2D eigenvalue weighted by Gasteiger charge is -2.22. The van der Waals surface area contributed by atoms with Gasteiger partial charge in [-0.3, -0.25) is 14.9 Å². The fourth-order valence-corrected chi connectivity index (χ4v) is 2.08. The first-order chi connectivity index (χ1) is 7.49. The van der Waals surface area contributed by atoms with Gasteiger partial charge < -0.3 is 5.32 Å². The van der Waals surface area contributed by atoms with Crippen molar-refractivity contribution in [3.05, 3.63) is 12.2 Å². The molecule has 1 aliphatic heterocycles. The minimum Gasteiger partial charge on any atom is -0.302 e. The fraction of sp³-hybridized carbons (Fsp3) is 0.636. The molecule has 4 nitrogen and oxygen atoms in total. The number of amides is 2. The smallest absolute Gasteiger partial charge is 0.243 e. The van der Waals surface area contributed by atoms with Crippen LogP contribution >= 0.6 is 15.9 Å². The lowest BCUT2D eigenvalue weighted by molar-refractivity contribution is -0.134. The van der Waals surface area contributed by atoms with E-state index >= 15 is 0 Å². The van der Waals surface area contributed by atoms with E-state index in [4.69, 9.17) is 0 Å². The molecule has 5 heteroatoms. The second kappa shape index (κ2) is 6.15. The first kappa shape index (κ1) is 13.4. The Hall–Kier alpha value is -0.680. The highest BCUT2D eigenvalue weighted by atomic mass is 79.9. The maximum absolute atomic E-state index is 11.4. The summed E-state index contributed by atoms with van der Waals surface area (Å²) in [6.45, 7) is 6.59. The number of carbonyl (C=O) groups is 2. The van der Waals surface area contributed by atoms with Crippen LogP contribution in [0.25, 0.3) is 0 Å². The van der Waals surface area contributed by atoms with Crippen LogP contribution in [0.4, 0.5) is 0 Å². The third-order valence-corrected chi connectivity index (χ3v) is 2.73. The molecule has 2 unspecified atom stereocenters. The van der Waals surface area contributed by atoms with Gasteiger partial charge in [0.25, 0.3) is 0 Å².